The molecule has 1 N–H and O–H groups in total. The third kappa shape index (κ3) is 4.09. The van der Waals surface area contributed by atoms with Crippen molar-refractivity contribution in [3.8, 4) is 0 Å². The van der Waals surface area contributed by atoms with Crippen LogP contribution in [0.1, 0.15) is 58.1 Å². The molecule has 0 saturated heterocycles. The minimum absolute atomic E-state index is 0.0118. The van der Waals surface area contributed by atoms with Gasteiger partial charge in [0, 0.05) is 0 Å². The molecular weight excluding hydrogens is 316 g/mol. The SMILES string of the molecule is CC(C)(C)[Si](C)(C)[C@@H](C(=O)OC1CCCC1)[C@@H](O)c1ccccc1. The highest BCUT2D eigenvalue weighted by Crippen LogP contribution is 2.49. The Hall–Kier alpha value is -1.13. The molecule has 2 atom stereocenters. The van der Waals surface area contributed by atoms with Crippen molar-refractivity contribution in [2.24, 2.45) is 0 Å². The highest BCUT2D eigenvalue weighted by molar-refractivity contribution is 6.84. The first-order chi connectivity index (χ1) is 11.1. The number of hydrogen-bond donors (Lipinski definition) is 1. The number of aliphatic hydroxyl groups excluding tert-OH is 1. The van der Waals surface area contributed by atoms with E-state index in [2.05, 4.69) is 33.9 Å². The molecule has 0 radical (unpaired) electrons. The van der Waals surface area contributed by atoms with E-state index in [1.165, 1.54) is 0 Å². The Morgan fingerprint density at radius 3 is 2.21 bits per heavy atom. The van der Waals surface area contributed by atoms with Gasteiger partial charge >= 0.3 is 5.97 Å². The zero-order valence-corrected chi connectivity index (χ0v) is 16.7. The molecule has 0 aliphatic heterocycles. The lowest BCUT2D eigenvalue weighted by Gasteiger charge is -2.44. The van der Waals surface area contributed by atoms with Gasteiger partial charge in [-0.25, -0.2) is 0 Å². The van der Waals surface area contributed by atoms with Crippen LogP contribution in [0.3, 0.4) is 0 Å². The summed E-state index contributed by atoms with van der Waals surface area (Å²) < 4.78 is 5.83. The number of rotatable bonds is 5. The van der Waals surface area contributed by atoms with Crippen LogP contribution < -0.4 is 0 Å². The van der Waals surface area contributed by atoms with E-state index in [1.54, 1.807) is 0 Å². The van der Waals surface area contributed by atoms with E-state index in [1.807, 2.05) is 30.3 Å². The van der Waals surface area contributed by atoms with E-state index in [4.69, 9.17) is 4.74 Å². The molecule has 24 heavy (non-hydrogen) atoms. The minimum atomic E-state index is -2.14. The average Bonchev–Trinajstić information content (AvgIpc) is 2.99. The number of hydrogen-bond acceptors (Lipinski definition) is 3. The summed E-state index contributed by atoms with van der Waals surface area (Å²) in [6.45, 7) is 10.9. The first kappa shape index (κ1) is 19.2. The fourth-order valence-corrected chi connectivity index (χ4v) is 5.94. The maximum atomic E-state index is 13.1. The Morgan fingerprint density at radius 2 is 1.71 bits per heavy atom. The van der Waals surface area contributed by atoms with Crippen molar-refractivity contribution in [2.75, 3.05) is 0 Å². The van der Waals surface area contributed by atoms with Crippen LogP contribution in [0.2, 0.25) is 23.7 Å². The predicted molar refractivity (Wildman–Crippen MR) is 101 cm³/mol. The van der Waals surface area contributed by atoms with Crippen LogP contribution in [0.25, 0.3) is 0 Å². The Labute approximate surface area is 147 Å². The van der Waals surface area contributed by atoms with Crippen LogP contribution in [0.5, 0.6) is 0 Å². The highest BCUT2D eigenvalue weighted by atomic mass is 28.3. The van der Waals surface area contributed by atoms with Crippen LogP contribution >= 0.6 is 0 Å². The summed E-state index contributed by atoms with van der Waals surface area (Å²) in [5.74, 6) is -0.204. The van der Waals surface area contributed by atoms with Crippen molar-refractivity contribution in [1.82, 2.24) is 0 Å². The van der Waals surface area contributed by atoms with Gasteiger partial charge in [0.2, 0.25) is 0 Å². The zero-order valence-electron chi connectivity index (χ0n) is 15.7. The van der Waals surface area contributed by atoms with Gasteiger partial charge in [0.05, 0.1) is 19.7 Å². The molecule has 0 amide bonds. The molecule has 0 aromatic heterocycles. The van der Waals surface area contributed by atoms with Crippen molar-refractivity contribution >= 4 is 14.0 Å². The van der Waals surface area contributed by atoms with E-state index in [-0.39, 0.29) is 17.1 Å². The molecule has 0 heterocycles. The minimum Gasteiger partial charge on any atom is -0.462 e. The van der Waals surface area contributed by atoms with Gasteiger partial charge in [-0.05, 0) is 36.3 Å². The quantitative estimate of drug-likeness (QED) is 0.596. The normalized spacial score (nSPS) is 19.1. The molecule has 0 unspecified atom stereocenters. The summed E-state index contributed by atoms with van der Waals surface area (Å²) in [7, 11) is -2.14. The molecule has 0 spiro atoms. The van der Waals surface area contributed by atoms with Crippen LogP contribution in [-0.4, -0.2) is 25.3 Å². The topological polar surface area (TPSA) is 46.5 Å². The summed E-state index contributed by atoms with van der Waals surface area (Å²) in [6.07, 6.45) is 3.40. The van der Waals surface area contributed by atoms with Crippen molar-refractivity contribution in [3.63, 3.8) is 0 Å². The van der Waals surface area contributed by atoms with Crippen molar-refractivity contribution in [3.05, 3.63) is 35.9 Å². The van der Waals surface area contributed by atoms with Crippen LogP contribution in [-0.2, 0) is 9.53 Å². The lowest BCUT2D eigenvalue weighted by molar-refractivity contribution is -0.151. The summed E-state index contributed by atoms with van der Waals surface area (Å²) in [4.78, 5) is 13.1. The largest absolute Gasteiger partial charge is 0.462 e. The Balaban J connectivity index is 2.31. The van der Waals surface area contributed by atoms with Gasteiger partial charge in [0.1, 0.15) is 6.10 Å². The van der Waals surface area contributed by atoms with Gasteiger partial charge in [-0.3, -0.25) is 4.79 Å². The van der Waals surface area contributed by atoms with E-state index < -0.39 is 19.7 Å². The average molecular weight is 349 g/mol. The van der Waals surface area contributed by atoms with Crippen LogP contribution in [0.15, 0.2) is 30.3 Å². The molecule has 1 aromatic carbocycles. The van der Waals surface area contributed by atoms with Gasteiger partial charge in [0.25, 0.3) is 0 Å². The maximum Gasteiger partial charge on any atom is 0.309 e. The van der Waals surface area contributed by atoms with E-state index in [9.17, 15) is 9.90 Å². The monoisotopic (exact) mass is 348 g/mol. The van der Waals surface area contributed by atoms with Crippen molar-refractivity contribution in [1.29, 1.82) is 0 Å². The molecule has 3 nitrogen and oxygen atoms in total. The molecule has 1 fully saturated rings. The van der Waals surface area contributed by atoms with Crippen LogP contribution in [0, 0.1) is 0 Å². The molecular formula is C20H32O3Si. The first-order valence-corrected chi connectivity index (χ1v) is 12.2. The summed E-state index contributed by atoms with van der Waals surface area (Å²) in [5, 5.41) is 11.0. The molecule has 1 saturated carbocycles. The molecule has 2 rings (SSSR count). The lowest BCUT2D eigenvalue weighted by Crippen LogP contribution is -2.48. The fraction of sp³-hybridized carbons (Fsp3) is 0.650. The molecule has 4 heteroatoms. The Kier molecular flexibility index (Phi) is 5.92. The number of carbonyl (C=O) groups excluding carboxylic acids is 1. The molecule has 1 aliphatic rings. The van der Waals surface area contributed by atoms with Gasteiger partial charge in [-0.15, -0.1) is 0 Å². The van der Waals surface area contributed by atoms with E-state index >= 15 is 0 Å². The molecule has 0 bridgehead atoms. The second-order valence-electron chi connectivity index (χ2n) is 8.65. The molecule has 1 aromatic rings. The maximum absolute atomic E-state index is 13.1. The van der Waals surface area contributed by atoms with Gasteiger partial charge in [-0.2, -0.15) is 0 Å². The second-order valence-corrected chi connectivity index (χ2v) is 14.2. The Bertz CT molecular complexity index is 542. The third-order valence-corrected chi connectivity index (χ3v) is 12.0. The third-order valence-electron chi connectivity index (χ3n) is 6.01. The summed E-state index contributed by atoms with van der Waals surface area (Å²) in [6, 6.07) is 9.53. The number of ether oxygens (including phenoxy) is 1. The number of esters is 1. The lowest BCUT2D eigenvalue weighted by atomic mass is 10.1. The number of aliphatic hydroxyl groups is 1. The van der Waals surface area contributed by atoms with Gasteiger partial charge in [0.15, 0.2) is 0 Å². The Morgan fingerprint density at radius 1 is 1.17 bits per heavy atom. The van der Waals surface area contributed by atoms with E-state index in [0.717, 1.165) is 31.2 Å². The summed E-state index contributed by atoms with van der Waals surface area (Å²) in [5.41, 5.74) is 0.344. The highest BCUT2D eigenvalue weighted by Gasteiger charge is 2.50. The second kappa shape index (κ2) is 7.40. The van der Waals surface area contributed by atoms with Gasteiger partial charge in [-0.1, -0.05) is 64.2 Å². The molecule has 134 valence electrons. The standard InChI is InChI=1S/C20H32O3Si/c1-20(2,3)24(4,5)18(17(21)15-11-7-6-8-12-15)19(22)23-16-13-9-10-14-16/h6-8,11-12,16-18,21H,9-10,13-14H2,1-5H3/t17-,18+/m0/s1. The number of carbonyl (C=O) groups is 1. The van der Waals surface area contributed by atoms with Crippen molar-refractivity contribution in [2.45, 2.75) is 82.3 Å². The smallest absolute Gasteiger partial charge is 0.309 e. The van der Waals surface area contributed by atoms with Gasteiger partial charge < -0.3 is 9.84 Å². The van der Waals surface area contributed by atoms with Crippen molar-refractivity contribution < 1.29 is 14.6 Å². The number of benzene rings is 1. The van der Waals surface area contributed by atoms with Crippen LogP contribution in [0.4, 0.5) is 0 Å². The fourth-order valence-electron chi connectivity index (χ4n) is 3.37. The zero-order chi connectivity index (χ0) is 18.0. The summed E-state index contributed by atoms with van der Waals surface area (Å²) >= 11 is 0. The first-order valence-electron chi connectivity index (χ1n) is 9.08. The van der Waals surface area contributed by atoms with E-state index in [0.29, 0.717) is 0 Å². The molecule has 1 aliphatic carbocycles. The predicted octanol–water partition coefficient (Wildman–Crippen LogP) is 5.08.